The zero-order chi connectivity index (χ0) is 12.8. The van der Waals surface area contributed by atoms with Crippen LogP contribution in [-0.4, -0.2) is 30.8 Å². The number of nitrogens with one attached hydrogen (secondary N) is 1. The molecule has 1 aliphatic rings. The van der Waals surface area contributed by atoms with Crippen molar-refractivity contribution in [1.29, 1.82) is 0 Å². The molecule has 1 aromatic heterocycles. The fraction of sp³-hybridized carbons (Fsp3) is 0.643. The number of hydrogen-bond acceptors (Lipinski definition) is 4. The third-order valence-electron chi connectivity index (χ3n) is 3.61. The van der Waals surface area contributed by atoms with Crippen LogP contribution in [-0.2, 0) is 11.2 Å². The lowest BCUT2D eigenvalue weighted by atomic mass is 9.89. The van der Waals surface area contributed by atoms with Gasteiger partial charge in [0, 0.05) is 30.7 Å². The second kappa shape index (κ2) is 6.71. The zero-order valence-electron chi connectivity index (χ0n) is 11.1. The van der Waals surface area contributed by atoms with Gasteiger partial charge >= 0.3 is 0 Å². The summed E-state index contributed by atoms with van der Waals surface area (Å²) in [4.78, 5) is 4.16. The van der Waals surface area contributed by atoms with Crippen LogP contribution in [0.3, 0.4) is 0 Å². The highest BCUT2D eigenvalue weighted by Crippen LogP contribution is 2.22. The van der Waals surface area contributed by atoms with Crippen molar-refractivity contribution in [3.8, 4) is 0 Å². The average molecular weight is 249 g/mol. The number of rotatable bonds is 5. The molecule has 1 saturated heterocycles. The van der Waals surface area contributed by atoms with Gasteiger partial charge in [-0.05, 0) is 43.4 Å². The number of nitrogen functional groups attached to an aromatic ring is 1. The van der Waals surface area contributed by atoms with Crippen molar-refractivity contribution in [3.63, 3.8) is 0 Å². The van der Waals surface area contributed by atoms with E-state index in [1.54, 1.807) is 6.20 Å². The van der Waals surface area contributed by atoms with Crippen LogP contribution in [0.4, 0.5) is 5.69 Å². The van der Waals surface area contributed by atoms with E-state index in [0.717, 1.165) is 43.9 Å². The second-order valence-electron chi connectivity index (χ2n) is 4.92. The third-order valence-corrected chi connectivity index (χ3v) is 3.61. The van der Waals surface area contributed by atoms with Crippen molar-refractivity contribution in [3.05, 3.63) is 24.0 Å². The SMILES string of the molecule is CCNC(Cc1cnccc1N)C1CCCOC1. The molecule has 0 radical (unpaired) electrons. The van der Waals surface area contributed by atoms with E-state index in [1.807, 2.05) is 12.3 Å². The van der Waals surface area contributed by atoms with Crippen LogP contribution in [0.1, 0.15) is 25.3 Å². The molecule has 100 valence electrons. The van der Waals surface area contributed by atoms with Gasteiger partial charge in [-0.1, -0.05) is 6.92 Å². The number of pyridine rings is 1. The molecule has 3 N–H and O–H groups in total. The highest BCUT2D eigenvalue weighted by molar-refractivity contribution is 5.44. The molecule has 2 atom stereocenters. The molecule has 18 heavy (non-hydrogen) atoms. The Morgan fingerprint density at radius 2 is 2.50 bits per heavy atom. The predicted molar refractivity (Wildman–Crippen MR) is 73.4 cm³/mol. The van der Waals surface area contributed by atoms with E-state index in [1.165, 1.54) is 6.42 Å². The molecule has 0 amide bonds. The van der Waals surface area contributed by atoms with Crippen molar-refractivity contribution in [2.24, 2.45) is 5.92 Å². The van der Waals surface area contributed by atoms with E-state index in [0.29, 0.717) is 12.0 Å². The van der Waals surface area contributed by atoms with Gasteiger partial charge in [0.25, 0.3) is 0 Å². The Labute approximate surface area is 109 Å². The molecule has 0 bridgehead atoms. The summed E-state index contributed by atoms with van der Waals surface area (Å²) >= 11 is 0. The summed E-state index contributed by atoms with van der Waals surface area (Å²) in [5.41, 5.74) is 7.97. The van der Waals surface area contributed by atoms with E-state index < -0.39 is 0 Å². The Morgan fingerprint density at radius 1 is 1.61 bits per heavy atom. The first-order valence-electron chi connectivity index (χ1n) is 6.80. The fourth-order valence-electron chi connectivity index (χ4n) is 2.60. The van der Waals surface area contributed by atoms with Crippen molar-refractivity contribution >= 4 is 5.69 Å². The number of aromatic nitrogens is 1. The minimum atomic E-state index is 0.432. The second-order valence-corrected chi connectivity index (χ2v) is 4.92. The van der Waals surface area contributed by atoms with E-state index in [4.69, 9.17) is 10.5 Å². The molecule has 2 rings (SSSR count). The van der Waals surface area contributed by atoms with E-state index in [2.05, 4.69) is 17.2 Å². The van der Waals surface area contributed by atoms with Crippen LogP contribution in [0.15, 0.2) is 18.5 Å². The molecule has 0 saturated carbocycles. The largest absolute Gasteiger partial charge is 0.398 e. The Hall–Kier alpha value is -1.13. The first-order valence-corrected chi connectivity index (χ1v) is 6.80. The molecule has 1 aliphatic heterocycles. The average Bonchev–Trinajstić information content (AvgIpc) is 2.42. The van der Waals surface area contributed by atoms with Crippen LogP contribution in [0, 0.1) is 5.92 Å². The van der Waals surface area contributed by atoms with Gasteiger partial charge in [-0.15, -0.1) is 0 Å². The first kappa shape index (κ1) is 13.3. The Kier molecular flexibility index (Phi) is 4.96. The monoisotopic (exact) mass is 249 g/mol. The van der Waals surface area contributed by atoms with Gasteiger partial charge in [0.15, 0.2) is 0 Å². The Balaban J connectivity index is 2.03. The lowest BCUT2D eigenvalue weighted by Crippen LogP contribution is -2.41. The number of likely N-dealkylation sites (N-methyl/N-ethyl adjacent to an activating group) is 1. The molecule has 4 heteroatoms. The van der Waals surface area contributed by atoms with Crippen molar-refractivity contribution < 1.29 is 4.74 Å². The highest BCUT2D eigenvalue weighted by Gasteiger charge is 2.24. The molecule has 1 fully saturated rings. The summed E-state index contributed by atoms with van der Waals surface area (Å²) in [5, 5.41) is 3.56. The number of nitrogens with zero attached hydrogens (tertiary/aromatic N) is 1. The minimum absolute atomic E-state index is 0.432. The normalized spacial score (nSPS) is 21.7. The summed E-state index contributed by atoms with van der Waals surface area (Å²) in [6.45, 7) is 4.88. The number of hydrogen-bond donors (Lipinski definition) is 2. The van der Waals surface area contributed by atoms with Gasteiger partial charge in [0.1, 0.15) is 0 Å². The topological polar surface area (TPSA) is 60.2 Å². The molecule has 1 aromatic rings. The maximum atomic E-state index is 6.00. The van der Waals surface area contributed by atoms with E-state index in [-0.39, 0.29) is 0 Å². The third kappa shape index (κ3) is 3.43. The smallest absolute Gasteiger partial charge is 0.0509 e. The van der Waals surface area contributed by atoms with Gasteiger partial charge in [-0.2, -0.15) is 0 Å². The molecule has 0 aliphatic carbocycles. The van der Waals surface area contributed by atoms with Gasteiger partial charge < -0.3 is 15.8 Å². The highest BCUT2D eigenvalue weighted by atomic mass is 16.5. The number of nitrogens with two attached hydrogens (primary N) is 1. The van der Waals surface area contributed by atoms with E-state index >= 15 is 0 Å². The van der Waals surface area contributed by atoms with Gasteiger partial charge in [-0.25, -0.2) is 0 Å². The summed E-state index contributed by atoms with van der Waals surface area (Å²) in [6, 6.07) is 2.30. The maximum absolute atomic E-state index is 6.00. The summed E-state index contributed by atoms with van der Waals surface area (Å²) in [7, 11) is 0. The van der Waals surface area contributed by atoms with Gasteiger partial charge in [0.05, 0.1) is 6.61 Å². The zero-order valence-corrected chi connectivity index (χ0v) is 11.1. The van der Waals surface area contributed by atoms with Crippen molar-refractivity contribution in [1.82, 2.24) is 10.3 Å². The van der Waals surface area contributed by atoms with Crippen LogP contribution >= 0.6 is 0 Å². The van der Waals surface area contributed by atoms with Crippen molar-refractivity contribution in [2.45, 2.75) is 32.2 Å². The minimum Gasteiger partial charge on any atom is -0.398 e. The molecular weight excluding hydrogens is 226 g/mol. The summed E-state index contributed by atoms with van der Waals surface area (Å²) < 4.78 is 5.59. The van der Waals surface area contributed by atoms with Crippen molar-refractivity contribution in [2.75, 3.05) is 25.5 Å². The lowest BCUT2D eigenvalue weighted by molar-refractivity contribution is 0.0396. The predicted octanol–water partition coefficient (Wildman–Crippen LogP) is 1.61. The number of anilines is 1. The summed E-state index contributed by atoms with van der Waals surface area (Å²) in [6.07, 6.45) is 6.95. The maximum Gasteiger partial charge on any atom is 0.0509 e. The molecule has 0 spiro atoms. The van der Waals surface area contributed by atoms with Crippen LogP contribution in [0.2, 0.25) is 0 Å². The lowest BCUT2D eigenvalue weighted by Gasteiger charge is -2.31. The molecule has 2 unspecified atom stereocenters. The number of ether oxygens (including phenoxy) is 1. The quantitative estimate of drug-likeness (QED) is 0.832. The van der Waals surface area contributed by atoms with E-state index in [9.17, 15) is 0 Å². The van der Waals surface area contributed by atoms with Gasteiger partial charge in [-0.3, -0.25) is 4.98 Å². The fourth-order valence-corrected chi connectivity index (χ4v) is 2.60. The standard InChI is InChI=1S/C14H23N3O/c1-2-17-14(11-4-3-7-18-10-11)8-12-9-16-6-5-13(12)15/h5-6,9,11,14,17H,2-4,7-8,10H2,1H3,(H2,15,16). The Morgan fingerprint density at radius 3 is 3.17 bits per heavy atom. The van der Waals surface area contributed by atoms with Crippen LogP contribution in [0.5, 0.6) is 0 Å². The molecule has 4 nitrogen and oxygen atoms in total. The molecule has 2 heterocycles. The summed E-state index contributed by atoms with van der Waals surface area (Å²) in [5.74, 6) is 0.582. The first-order chi connectivity index (χ1) is 8.81. The molecule has 0 aromatic carbocycles. The molecular formula is C14H23N3O. The van der Waals surface area contributed by atoms with Crippen LogP contribution < -0.4 is 11.1 Å². The Bertz CT molecular complexity index is 364. The van der Waals surface area contributed by atoms with Crippen LogP contribution in [0.25, 0.3) is 0 Å². The van der Waals surface area contributed by atoms with Gasteiger partial charge in [0.2, 0.25) is 0 Å².